The lowest BCUT2D eigenvalue weighted by molar-refractivity contribution is 0.200. The molecule has 0 aliphatic carbocycles. The Bertz CT molecular complexity index is 526. The summed E-state index contributed by atoms with van der Waals surface area (Å²) in [6, 6.07) is 4.86. The van der Waals surface area contributed by atoms with E-state index in [-0.39, 0.29) is 12.4 Å². The molecule has 0 fully saturated rings. The average Bonchev–Trinajstić information content (AvgIpc) is 2.16. The molecule has 1 rings (SSSR count). The average molecular weight is 332 g/mol. The van der Waals surface area contributed by atoms with Crippen LogP contribution in [0.4, 0.5) is 0 Å². The molecule has 102 valence electrons. The molecule has 0 N–H and O–H groups in total. The van der Waals surface area contributed by atoms with Crippen LogP contribution in [0, 0.1) is 5.41 Å². The van der Waals surface area contributed by atoms with Crippen molar-refractivity contribution in [2.75, 3.05) is 12.4 Å². The standard InChI is InChI=1S/C11H13Cl3O3S/c1-11(2,7-18(14,15)16)6-17-8-3-4-9(12)10(13)5-8/h3-5H,6-7H2,1-2H3. The van der Waals surface area contributed by atoms with Crippen LogP contribution < -0.4 is 4.74 Å². The van der Waals surface area contributed by atoms with Crippen LogP contribution in [0.1, 0.15) is 13.8 Å². The van der Waals surface area contributed by atoms with Crippen molar-refractivity contribution in [2.45, 2.75) is 13.8 Å². The zero-order valence-electron chi connectivity index (χ0n) is 9.91. The zero-order valence-corrected chi connectivity index (χ0v) is 13.0. The predicted molar refractivity (Wildman–Crippen MR) is 75.4 cm³/mol. The molecule has 0 bridgehead atoms. The van der Waals surface area contributed by atoms with Crippen LogP contribution in [0.2, 0.25) is 10.0 Å². The Hall–Kier alpha value is -0.160. The third-order valence-electron chi connectivity index (χ3n) is 2.08. The molecule has 0 spiro atoms. The summed E-state index contributed by atoms with van der Waals surface area (Å²) in [5.41, 5.74) is -0.591. The van der Waals surface area contributed by atoms with E-state index in [0.29, 0.717) is 15.8 Å². The van der Waals surface area contributed by atoms with Gasteiger partial charge in [-0.25, -0.2) is 8.42 Å². The molecule has 1 aromatic carbocycles. The Morgan fingerprint density at radius 2 is 1.83 bits per heavy atom. The van der Waals surface area contributed by atoms with Gasteiger partial charge in [-0.2, -0.15) is 0 Å². The topological polar surface area (TPSA) is 43.4 Å². The van der Waals surface area contributed by atoms with Crippen molar-refractivity contribution in [3.05, 3.63) is 28.2 Å². The van der Waals surface area contributed by atoms with Gasteiger partial charge in [0.1, 0.15) is 5.75 Å². The van der Waals surface area contributed by atoms with Crippen LogP contribution in [-0.2, 0) is 9.05 Å². The van der Waals surface area contributed by atoms with Gasteiger partial charge in [-0.1, -0.05) is 37.0 Å². The number of halogens is 3. The van der Waals surface area contributed by atoms with Crippen molar-refractivity contribution in [1.29, 1.82) is 0 Å². The highest BCUT2D eigenvalue weighted by atomic mass is 35.7. The van der Waals surface area contributed by atoms with Crippen molar-refractivity contribution in [3.63, 3.8) is 0 Å². The molecular weight excluding hydrogens is 319 g/mol. The fourth-order valence-corrected chi connectivity index (χ4v) is 3.54. The second kappa shape index (κ2) is 5.87. The lowest BCUT2D eigenvalue weighted by Gasteiger charge is -2.23. The van der Waals surface area contributed by atoms with Gasteiger partial charge in [0.25, 0.3) is 0 Å². The smallest absolute Gasteiger partial charge is 0.233 e. The van der Waals surface area contributed by atoms with E-state index in [1.165, 1.54) is 0 Å². The van der Waals surface area contributed by atoms with Crippen LogP contribution in [-0.4, -0.2) is 20.8 Å². The fourth-order valence-electron chi connectivity index (χ4n) is 1.35. The number of benzene rings is 1. The van der Waals surface area contributed by atoms with Crippen LogP contribution in [0.25, 0.3) is 0 Å². The molecule has 0 aliphatic rings. The molecule has 18 heavy (non-hydrogen) atoms. The highest BCUT2D eigenvalue weighted by molar-refractivity contribution is 8.13. The summed E-state index contributed by atoms with van der Waals surface area (Å²) in [6.45, 7) is 3.71. The second-order valence-electron chi connectivity index (χ2n) is 4.71. The van der Waals surface area contributed by atoms with E-state index in [9.17, 15) is 8.42 Å². The van der Waals surface area contributed by atoms with E-state index >= 15 is 0 Å². The molecule has 0 atom stereocenters. The van der Waals surface area contributed by atoms with Gasteiger partial charge < -0.3 is 4.74 Å². The number of hydrogen-bond donors (Lipinski definition) is 0. The van der Waals surface area contributed by atoms with E-state index in [1.807, 2.05) is 0 Å². The van der Waals surface area contributed by atoms with Gasteiger partial charge in [0.2, 0.25) is 9.05 Å². The summed E-state index contributed by atoms with van der Waals surface area (Å²) in [5, 5.41) is 0.823. The summed E-state index contributed by atoms with van der Waals surface area (Å²) in [5.74, 6) is 0.368. The van der Waals surface area contributed by atoms with E-state index in [1.54, 1.807) is 32.0 Å². The Kier molecular flexibility index (Phi) is 5.18. The molecule has 0 aromatic heterocycles. The van der Waals surface area contributed by atoms with E-state index in [4.69, 9.17) is 38.6 Å². The monoisotopic (exact) mass is 330 g/mol. The zero-order chi connectivity index (χ0) is 14.0. The molecule has 7 heteroatoms. The van der Waals surface area contributed by atoms with Gasteiger partial charge in [-0.05, 0) is 12.1 Å². The minimum atomic E-state index is -3.56. The van der Waals surface area contributed by atoms with E-state index in [0.717, 1.165) is 0 Å². The largest absolute Gasteiger partial charge is 0.493 e. The summed E-state index contributed by atoms with van der Waals surface area (Å²) in [6.07, 6.45) is 0. The molecular formula is C11H13Cl3O3S. The number of rotatable bonds is 5. The maximum Gasteiger partial charge on any atom is 0.233 e. The highest BCUT2D eigenvalue weighted by Gasteiger charge is 2.26. The molecule has 0 unspecified atom stereocenters. The maximum atomic E-state index is 11.0. The van der Waals surface area contributed by atoms with E-state index in [2.05, 4.69) is 0 Å². The van der Waals surface area contributed by atoms with Gasteiger partial charge in [-0.3, -0.25) is 0 Å². The van der Waals surface area contributed by atoms with Gasteiger partial charge >= 0.3 is 0 Å². The first-order chi connectivity index (χ1) is 8.09. The Morgan fingerprint density at radius 3 is 2.33 bits per heavy atom. The lowest BCUT2D eigenvalue weighted by Crippen LogP contribution is -2.28. The Balaban J connectivity index is 2.67. The molecule has 0 saturated carbocycles. The van der Waals surface area contributed by atoms with Crippen LogP contribution in [0.5, 0.6) is 5.75 Å². The summed E-state index contributed by atoms with van der Waals surface area (Å²) in [7, 11) is 1.67. The quantitative estimate of drug-likeness (QED) is 0.767. The third-order valence-corrected chi connectivity index (χ3v) is 4.28. The van der Waals surface area contributed by atoms with Gasteiger partial charge in [-0.15, -0.1) is 0 Å². The van der Waals surface area contributed by atoms with Crippen molar-refractivity contribution in [2.24, 2.45) is 5.41 Å². The number of hydrogen-bond acceptors (Lipinski definition) is 3. The molecule has 0 radical (unpaired) electrons. The van der Waals surface area contributed by atoms with Crippen LogP contribution in [0.15, 0.2) is 18.2 Å². The predicted octanol–water partition coefficient (Wildman–Crippen LogP) is 3.97. The normalized spacial score (nSPS) is 12.5. The highest BCUT2D eigenvalue weighted by Crippen LogP contribution is 2.28. The van der Waals surface area contributed by atoms with Crippen molar-refractivity contribution >= 4 is 42.9 Å². The SMILES string of the molecule is CC(C)(COc1ccc(Cl)c(Cl)c1)CS(=O)(=O)Cl. The first-order valence-electron chi connectivity index (χ1n) is 5.09. The maximum absolute atomic E-state index is 11.0. The second-order valence-corrected chi connectivity index (χ2v) is 8.30. The van der Waals surface area contributed by atoms with E-state index < -0.39 is 14.5 Å². The summed E-state index contributed by atoms with van der Waals surface area (Å²) in [4.78, 5) is 0. The van der Waals surface area contributed by atoms with Gasteiger partial charge in [0.05, 0.1) is 22.4 Å². The molecule has 0 heterocycles. The van der Waals surface area contributed by atoms with Crippen molar-refractivity contribution < 1.29 is 13.2 Å². The first-order valence-corrected chi connectivity index (χ1v) is 8.33. The minimum Gasteiger partial charge on any atom is -0.493 e. The molecule has 1 aromatic rings. The van der Waals surface area contributed by atoms with Crippen molar-refractivity contribution in [1.82, 2.24) is 0 Å². The van der Waals surface area contributed by atoms with Crippen LogP contribution >= 0.6 is 33.9 Å². The van der Waals surface area contributed by atoms with Gasteiger partial charge in [0, 0.05) is 22.2 Å². The molecule has 0 amide bonds. The fraction of sp³-hybridized carbons (Fsp3) is 0.455. The van der Waals surface area contributed by atoms with Crippen molar-refractivity contribution in [3.8, 4) is 5.75 Å². The lowest BCUT2D eigenvalue weighted by atomic mass is 9.98. The third kappa shape index (κ3) is 5.65. The molecule has 3 nitrogen and oxygen atoms in total. The summed E-state index contributed by atoms with van der Waals surface area (Å²) < 4.78 is 27.5. The Morgan fingerprint density at radius 1 is 1.22 bits per heavy atom. The molecule has 0 saturated heterocycles. The minimum absolute atomic E-state index is 0.164. The molecule has 0 aliphatic heterocycles. The van der Waals surface area contributed by atoms with Gasteiger partial charge in [0.15, 0.2) is 0 Å². The Labute approximate surface area is 121 Å². The summed E-state index contributed by atoms with van der Waals surface area (Å²) >= 11 is 11.6. The first kappa shape index (κ1) is 15.9. The van der Waals surface area contributed by atoms with Crippen LogP contribution in [0.3, 0.4) is 0 Å². The number of ether oxygens (including phenoxy) is 1.